The number of aryl methyl sites for hydroxylation is 2. The Balaban J connectivity index is 1.77. The molecule has 1 aromatic carbocycles. The lowest BCUT2D eigenvalue weighted by Gasteiger charge is -2.16. The number of aliphatic carboxylic acids is 1. The van der Waals surface area contributed by atoms with Crippen molar-refractivity contribution in [3.8, 4) is 5.75 Å². The fourth-order valence-corrected chi connectivity index (χ4v) is 3.88. The number of carboxylic acids is 1. The van der Waals surface area contributed by atoms with Crippen LogP contribution in [0.1, 0.15) is 45.5 Å². The molecule has 0 radical (unpaired) electrons. The molecule has 1 unspecified atom stereocenters. The van der Waals surface area contributed by atoms with E-state index in [0.29, 0.717) is 13.0 Å². The number of benzene rings is 1. The summed E-state index contributed by atoms with van der Waals surface area (Å²) in [5, 5.41) is 10.2. The van der Waals surface area contributed by atoms with Gasteiger partial charge in [0.15, 0.2) is 0 Å². The number of nitrogens with zero attached hydrogens (tertiary/aromatic N) is 1. The molecule has 22 heavy (non-hydrogen) atoms. The van der Waals surface area contributed by atoms with Crippen LogP contribution in [-0.2, 0) is 17.8 Å². The average molecular weight is 317 g/mol. The Bertz CT molecular complexity index is 708. The molecular formula is C17H19NO3S. The van der Waals surface area contributed by atoms with Crippen molar-refractivity contribution in [2.24, 2.45) is 0 Å². The molecule has 0 fully saturated rings. The van der Waals surface area contributed by atoms with E-state index in [2.05, 4.69) is 18.0 Å². The zero-order chi connectivity index (χ0) is 15.7. The first kappa shape index (κ1) is 15.0. The summed E-state index contributed by atoms with van der Waals surface area (Å²) in [5.41, 5.74) is 3.08. The molecule has 5 heteroatoms. The minimum atomic E-state index is -0.770. The Hall–Kier alpha value is -1.88. The molecule has 0 saturated carbocycles. The van der Waals surface area contributed by atoms with Gasteiger partial charge in [-0.25, -0.2) is 4.98 Å². The summed E-state index contributed by atoms with van der Waals surface area (Å²) in [5.74, 6) is -0.356. The van der Waals surface area contributed by atoms with E-state index < -0.39 is 11.9 Å². The van der Waals surface area contributed by atoms with E-state index in [1.807, 2.05) is 19.1 Å². The van der Waals surface area contributed by atoms with Gasteiger partial charge in [0.1, 0.15) is 17.4 Å². The largest absolute Gasteiger partial charge is 0.486 e. The van der Waals surface area contributed by atoms with Gasteiger partial charge in [-0.15, -0.1) is 11.3 Å². The number of carboxylic acid groups (broad SMARTS) is 1. The van der Waals surface area contributed by atoms with Crippen LogP contribution in [0, 0.1) is 13.8 Å². The Morgan fingerprint density at radius 2 is 2.27 bits per heavy atom. The highest BCUT2D eigenvalue weighted by atomic mass is 32.1. The van der Waals surface area contributed by atoms with Gasteiger partial charge in [-0.2, -0.15) is 0 Å². The van der Waals surface area contributed by atoms with E-state index in [0.717, 1.165) is 39.7 Å². The number of hydrogen-bond donors (Lipinski definition) is 1. The monoisotopic (exact) mass is 317 g/mol. The average Bonchev–Trinajstić information content (AvgIpc) is 2.91. The second kappa shape index (κ2) is 6.08. The predicted molar refractivity (Wildman–Crippen MR) is 85.7 cm³/mol. The van der Waals surface area contributed by atoms with Gasteiger partial charge in [0, 0.05) is 4.88 Å². The lowest BCUT2D eigenvalue weighted by molar-refractivity contribution is -0.139. The standard InChI is InChI=1S/C17H19NO3S/c1-10-5-3-7-13(11(10)2)21-9-15-18-16-12(17(19)20)6-4-8-14(16)22-15/h3,5,7,12H,4,6,8-9H2,1-2H3,(H,19,20). The van der Waals surface area contributed by atoms with Gasteiger partial charge in [0.25, 0.3) is 0 Å². The third-order valence-corrected chi connectivity index (χ3v) is 5.31. The molecule has 1 N–H and O–H groups in total. The minimum Gasteiger partial charge on any atom is -0.486 e. The maximum absolute atomic E-state index is 11.3. The van der Waals surface area contributed by atoms with E-state index in [1.54, 1.807) is 11.3 Å². The van der Waals surface area contributed by atoms with Gasteiger partial charge in [0.2, 0.25) is 0 Å². The van der Waals surface area contributed by atoms with Crippen molar-refractivity contribution < 1.29 is 14.6 Å². The molecule has 0 saturated heterocycles. The van der Waals surface area contributed by atoms with Crippen LogP contribution < -0.4 is 4.74 Å². The zero-order valence-electron chi connectivity index (χ0n) is 12.8. The lowest BCUT2D eigenvalue weighted by Crippen LogP contribution is -2.17. The summed E-state index contributed by atoms with van der Waals surface area (Å²) in [4.78, 5) is 17.0. The number of hydrogen-bond acceptors (Lipinski definition) is 4. The SMILES string of the molecule is Cc1cccc(OCc2nc3c(s2)CCCC3C(=O)O)c1C. The van der Waals surface area contributed by atoms with Crippen LogP contribution in [0.25, 0.3) is 0 Å². The molecular weight excluding hydrogens is 298 g/mol. The van der Waals surface area contributed by atoms with Gasteiger partial charge >= 0.3 is 5.97 Å². The number of carbonyl (C=O) groups is 1. The molecule has 1 heterocycles. The molecule has 0 spiro atoms. The van der Waals surface area contributed by atoms with Crippen LogP contribution in [-0.4, -0.2) is 16.1 Å². The fourth-order valence-electron chi connectivity index (χ4n) is 2.79. The smallest absolute Gasteiger partial charge is 0.312 e. The van der Waals surface area contributed by atoms with E-state index in [9.17, 15) is 9.90 Å². The van der Waals surface area contributed by atoms with Crippen molar-refractivity contribution >= 4 is 17.3 Å². The Kier molecular flexibility index (Phi) is 4.16. The lowest BCUT2D eigenvalue weighted by atomic mass is 9.91. The molecule has 0 bridgehead atoms. The van der Waals surface area contributed by atoms with Gasteiger partial charge < -0.3 is 9.84 Å². The third kappa shape index (κ3) is 2.86. The van der Waals surface area contributed by atoms with Crippen molar-refractivity contribution in [3.63, 3.8) is 0 Å². The van der Waals surface area contributed by atoms with Crippen LogP contribution in [0.3, 0.4) is 0 Å². The number of fused-ring (bicyclic) bond motifs is 1. The molecule has 0 aliphatic heterocycles. The summed E-state index contributed by atoms with van der Waals surface area (Å²) in [6, 6.07) is 5.99. The third-order valence-electron chi connectivity index (χ3n) is 4.20. The second-order valence-corrected chi connectivity index (χ2v) is 6.85. The normalized spacial score (nSPS) is 17.1. The summed E-state index contributed by atoms with van der Waals surface area (Å²) in [6.07, 6.45) is 2.53. The van der Waals surface area contributed by atoms with Crippen LogP contribution in [0.15, 0.2) is 18.2 Å². The molecule has 1 aliphatic carbocycles. The molecule has 3 rings (SSSR count). The molecule has 1 atom stereocenters. The summed E-state index contributed by atoms with van der Waals surface area (Å²) < 4.78 is 5.88. The Labute approximate surface area is 133 Å². The highest BCUT2D eigenvalue weighted by molar-refractivity contribution is 7.11. The van der Waals surface area contributed by atoms with Crippen molar-refractivity contribution in [2.75, 3.05) is 0 Å². The maximum atomic E-state index is 11.3. The minimum absolute atomic E-state index is 0.397. The van der Waals surface area contributed by atoms with Crippen LogP contribution >= 0.6 is 11.3 Å². The number of rotatable bonds is 4. The molecule has 1 aromatic heterocycles. The molecule has 1 aliphatic rings. The Morgan fingerprint density at radius 1 is 1.45 bits per heavy atom. The van der Waals surface area contributed by atoms with Crippen LogP contribution in [0.5, 0.6) is 5.75 Å². The van der Waals surface area contributed by atoms with Crippen molar-refractivity contribution in [1.82, 2.24) is 4.98 Å². The number of ether oxygens (including phenoxy) is 1. The summed E-state index contributed by atoms with van der Waals surface area (Å²) in [7, 11) is 0. The molecule has 116 valence electrons. The predicted octanol–water partition coefficient (Wildman–Crippen LogP) is 3.84. The Morgan fingerprint density at radius 3 is 3.05 bits per heavy atom. The zero-order valence-corrected chi connectivity index (χ0v) is 13.6. The fraction of sp³-hybridized carbons (Fsp3) is 0.412. The van der Waals surface area contributed by atoms with E-state index in [-0.39, 0.29) is 0 Å². The van der Waals surface area contributed by atoms with Crippen molar-refractivity contribution in [2.45, 2.75) is 45.6 Å². The maximum Gasteiger partial charge on any atom is 0.312 e. The van der Waals surface area contributed by atoms with Crippen LogP contribution in [0.2, 0.25) is 0 Å². The first-order chi connectivity index (χ1) is 10.6. The quantitative estimate of drug-likeness (QED) is 0.930. The summed E-state index contributed by atoms with van der Waals surface area (Å²) in [6.45, 7) is 4.49. The van der Waals surface area contributed by atoms with Gasteiger partial charge in [-0.1, -0.05) is 12.1 Å². The molecule has 2 aromatic rings. The number of aromatic nitrogens is 1. The molecule has 4 nitrogen and oxygen atoms in total. The second-order valence-electron chi connectivity index (χ2n) is 5.69. The topological polar surface area (TPSA) is 59.4 Å². The first-order valence-corrected chi connectivity index (χ1v) is 8.28. The van der Waals surface area contributed by atoms with Gasteiger partial charge in [0.05, 0.1) is 11.6 Å². The van der Waals surface area contributed by atoms with Gasteiger partial charge in [-0.3, -0.25) is 4.79 Å². The number of thiazole rings is 1. The van der Waals surface area contributed by atoms with E-state index >= 15 is 0 Å². The van der Waals surface area contributed by atoms with Crippen molar-refractivity contribution in [3.05, 3.63) is 44.9 Å². The highest BCUT2D eigenvalue weighted by Crippen LogP contribution is 2.35. The molecule has 0 amide bonds. The van der Waals surface area contributed by atoms with Gasteiger partial charge in [-0.05, 0) is 50.3 Å². The highest BCUT2D eigenvalue weighted by Gasteiger charge is 2.29. The first-order valence-electron chi connectivity index (χ1n) is 7.46. The van der Waals surface area contributed by atoms with E-state index in [1.165, 1.54) is 5.56 Å². The van der Waals surface area contributed by atoms with Crippen molar-refractivity contribution in [1.29, 1.82) is 0 Å². The van der Waals surface area contributed by atoms with E-state index in [4.69, 9.17) is 4.74 Å². The summed E-state index contributed by atoms with van der Waals surface area (Å²) >= 11 is 1.59. The van der Waals surface area contributed by atoms with Crippen LogP contribution in [0.4, 0.5) is 0 Å².